The highest BCUT2D eigenvalue weighted by Crippen LogP contribution is 2.30. The Morgan fingerprint density at radius 2 is 2.17 bits per heavy atom. The monoisotopic (exact) mass is 172 g/mol. The summed E-state index contributed by atoms with van der Waals surface area (Å²) in [5, 5.41) is 9.54. The van der Waals surface area contributed by atoms with Crippen LogP contribution in [0.15, 0.2) is 0 Å². The van der Waals surface area contributed by atoms with Gasteiger partial charge in [-0.3, -0.25) is 4.79 Å². The zero-order chi connectivity index (χ0) is 9.14. The van der Waals surface area contributed by atoms with Crippen LogP contribution < -0.4 is 0 Å². The van der Waals surface area contributed by atoms with Crippen LogP contribution in [-0.4, -0.2) is 24.3 Å². The lowest BCUT2D eigenvalue weighted by atomic mass is 9.78. The lowest BCUT2D eigenvalue weighted by Gasteiger charge is -2.30. The molecule has 1 fully saturated rings. The van der Waals surface area contributed by atoms with Crippen molar-refractivity contribution in [1.82, 2.24) is 0 Å². The first-order valence-corrected chi connectivity index (χ1v) is 4.42. The smallest absolute Gasteiger partial charge is 0.311 e. The van der Waals surface area contributed by atoms with Gasteiger partial charge in [-0.25, -0.2) is 0 Å². The topological polar surface area (TPSA) is 46.5 Å². The van der Waals surface area contributed by atoms with Crippen molar-refractivity contribution >= 4 is 5.97 Å². The zero-order valence-corrected chi connectivity index (χ0v) is 7.62. The van der Waals surface area contributed by atoms with Gasteiger partial charge in [-0.05, 0) is 18.8 Å². The average molecular weight is 172 g/mol. The Labute approximate surface area is 72.7 Å². The van der Waals surface area contributed by atoms with Crippen LogP contribution in [0.25, 0.3) is 0 Å². The van der Waals surface area contributed by atoms with E-state index in [0.29, 0.717) is 0 Å². The van der Waals surface area contributed by atoms with Gasteiger partial charge in [-0.2, -0.15) is 0 Å². The molecule has 70 valence electrons. The number of hydrogen-bond acceptors (Lipinski definition) is 3. The Morgan fingerprint density at radius 3 is 2.67 bits per heavy atom. The van der Waals surface area contributed by atoms with Crippen LogP contribution in [0.4, 0.5) is 0 Å². The maximum Gasteiger partial charge on any atom is 0.311 e. The highest BCUT2D eigenvalue weighted by Gasteiger charge is 2.35. The molecule has 3 nitrogen and oxygen atoms in total. The molecule has 0 aromatic heterocycles. The third-order valence-corrected chi connectivity index (χ3v) is 2.66. The molecule has 0 saturated heterocycles. The molecule has 0 amide bonds. The molecular weight excluding hydrogens is 156 g/mol. The Hall–Kier alpha value is -0.570. The van der Waals surface area contributed by atoms with Gasteiger partial charge in [0.05, 0.1) is 19.1 Å². The van der Waals surface area contributed by atoms with E-state index < -0.39 is 6.10 Å². The van der Waals surface area contributed by atoms with E-state index in [1.807, 2.05) is 6.92 Å². The minimum absolute atomic E-state index is 0.251. The minimum Gasteiger partial charge on any atom is -0.469 e. The first-order chi connectivity index (χ1) is 5.66. The summed E-state index contributed by atoms with van der Waals surface area (Å²) in [5.74, 6) is -0.320. The summed E-state index contributed by atoms with van der Waals surface area (Å²) in [4.78, 5) is 11.2. The molecule has 0 aromatic rings. The van der Waals surface area contributed by atoms with Gasteiger partial charge in [0.2, 0.25) is 0 Å². The van der Waals surface area contributed by atoms with Crippen LogP contribution in [0.2, 0.25) is 0 Å². The number of aliphatic hydroxyl groups is 1. The number of carbonyl (C=O) groups is 1. The van der Waals surface area contributed by atoms with Crippen LogP contribution in [0, 0.1) is 11.8 Å². The Morgan fingerprint density at radius 1 is 1.50 bits per heavy atom. The van der Waals surface area contributed by atoms with E-state index in [1.54, 1.807) is 0 Å². The van der Waals surface area contributed by atoms with Crippen molar-refractivity contribution in [2.75, 3.05) is 7.11 Å². The Bertz CT molecular complexity index is 157. The van der Waals surface area contributed by atoms with Crippen molar-refractivity contribution < 1.29 is 14.6 Å². The Balaban J connectivity index is 2.62. The molecule has 3 unspecified atom stereocenters. The SMILES string of the molecule is COC(=O)C1C(C)CCCC1O. The predicted molar refractivity (Wildman–Crippen MR) is 44.5 cm³/mol. The number of aliphatic hydroxyl groups excluding tert-OH is 1. The molecule has 1 aliphatic carbocycles. The maximum absolute atomic E-state index is 11.2. The fourth-order valence-corrected chi connectivity index (χ4v) is 1.91. The summed E-state index contributed by atoms with van der Waals surface area (Å²) in [6.45, 7) is 1.99. The number of rotatable bonds is 1. The van der Waals surface area contributed by atoms with E-state index in [1.165, 1.54) is 7.11 Å². The maximum atomic E-state index is 11.2. The van der Waals surface area contributed by atoms with Crippen molar-refractivity contribution in [1.29, 1.82) is 0 Å². The minimum atomic E-state index is -0.499. The largest absolute Gasteiger partial charge is 0.469 e. The quantitative estimate of drug-likeness (QED) is 0.599. The molecule has 0 aromatic carbocycles. The van der Waals surface area contributed by atoms with Crippen LogP contribution in [0.1, 0.15) is 26.2 Å². The third kappa shape index (κ3) is 1.78. The van der Waals surface area contributed by atoms with Crippen LogP contribution in [-0.2, 0) is 9.53 Å². The second kappa shape index (κ2) is 3.90. The molecule has 1 rings (SSSR count). The Kier molecular flexibility index (Phi) is 3.09. The van der Waals surface area contributed by atoms with Crippen molar-refractivity contribution in [3.63, 3.8) is 0 Å². The van der Waals surface area contributed by atoms with Gasteiger partial charge < -0.3 is 9.84 Å². The standard InChI is InChI=1S/C9H16O3/c1-6-4-3-5-7(10)8(6)9(11)12-2/h6-8,10H,3-5H2,1-2H3. The van der Waals surface area contributed by atoms with E-state index in [4.69, 9.17) is 0 Å². The van der Waals surface area contributed by atoms with Gasteiger partial charge in [-0.15, -0.1) is 0 Å². The molecule has 0 aliphatic heterocycles. The van der Waals surface area contributed by atoms with E-state index in [9.17, 15) is 9.90 Å². The molecular formula is C9H16O3. The summed E-state index contributed by atoms with van der Waals surface area (Å²) < 4.78 is 4.63. The fraction of sp³-hybridized carbons (Fsp3) is 0.889. The highest BCUT2D eigenvalue weighted by atomic mass is 16.5. The van der Waals surface area contributed by atoms with Crippen molar-refractivity contribution in [2.45, 2.75) is 32.3 Å². The summed E-state index contributed by atoms with van der Waals surface area (Å²) in [7, 11) is 1.37. The summed E-state index contributed by atoms with van der Waals surface area (Å²) >= 11 is 0. The number of ether oxygens (including phenoxy) is 1. The van der Waals surface area contributed by atoms with Gasteiger partial charge in [-0.1, -0.05) is 13.3 Å². The fourth-order valence-electron chi connectivity index (χ4n) is 1.91. The van der Waals surface area contributed by atoms with Crippen LogP contribution in [0.3, 0.4) is 0 Å². The third-order valence-electron chi connectivity index (χ3n) is 2.66. The number of esters is 1. The van der Waals surface area contributed by atoms with Crippen molar-refractivity contribution in [2.24, 2.45) is 11.8 Å². The number of carbonyl (C=O) groups excluding carboxylic acids is 1. The molecule has 1 saturated carbocycles. The highest BCUT2D eigenvalue weighted by molar-refractivity contribution is 5.73. The predicted octanol–water partition coefficient (Wildman–Crippen LogP) is 0.956. The normalized spacial score (nSPS) is 36.1. The average Bonchev–Trinajstić information content (AvgIpc) is 2.03. The molecule has 0 radical (unpaired) electrons. The van der Waals surface area contributed by atoms with Crippen LogP contribution >= 0.6 is 0 Å². The van der Waals surface area contributed by atoms with Gasteiger partial charge >= 0.3 is 5.97 Å². The number of hydrogen-bond donors (Lipinski definition) is 1. The zero-order valence-electron chi connectivity index (χ0n) is 7.62. The first-order valence-electron chi connectivity index (χ1n) is 4.42. The second-order valence-electron chi connectivity index (χ2n) is 3.52. The van der Waals surface area contributed by atoms with Gasteiger partial charge in [0.25, 0.3) is 0 Å². The van der Waals surface area contributed by atoms with E-state index >= 15 is 0 Å². The van der Waals surface area contributed by atoms with Crippen molar-refractivity contribution in [3.8, 4) is 0 Å². The summed E-state index contributed by atoms with van der Waals surface area (Å²) in [6.07, 6.45) is 2.25. The van der Waals surface area contributed by atoms with Gasteiger partial charge in [0.1, 0.15) is 0 Å². The number of methoxy groups -OCH3 is 1. The van der Waals surface area contributed by atoms with Gasteiger partial charge in [0, 0.05) is 0 Å². The second-order valence-corrected chi connectivity index (χ2v) is 3.52. The molecule has 12 heavy (non-hydrogen) atoms. The van der Waals surface area contributed by atoms with E-state index in [0.717, 1.165) is 19.3 Å². The summed E-state index contributed by atoms with van der Waals surface area (Å²) in [5.41, 5.74) is 0. The lowest BCUT2D eigenvalue weighted by molar-refractivity contribution is -0.153. The molecule has 3 heteroatoms. The van der Waals surface area contributed by atoms with Crippen LogP contribution in [0.5, 0.6) is 0 Å². The summed E-state index contributed by atoms with van der Waals surface area (Å²) in [6, 6.07) is 0. The first kappa shape index (κ1) is 9.52. The molecule has 0 heterocycles. The molecule has 1 aliphatic rings. The lowest BCUT2D eigenvalue weighted by Crippen LogP contribution is -2.37. The molecule has 0 spiro atoms. The van der Waals surface area contributed by atoms with E-state index in [-0.39, 0.29) is 17.8 Å². The van der Waals surface area contributed by atoms with Crippen molar-refractivity contribution in [3.05, 3.63) is 0 Å². The molecule has 1 N–H and O–H groups in total. The van der Waals surface area contributed by atoms with Gasteiger partial charge in [0.15, 0.2) is 0 Å². The molecule has 0 bridgehead atoms. The molecule has 3 atom stereocenters. The van der Waals surface area contributed by atoms with E-state index in [2.05, 4.69) is 4.74 Å².